The van der Waals surface area contributed by atoms with Crippen LogP contribution in [0, 0.1) is 11.3 Å². The highest BCUT2D eigenvalue weighted by atomic mass is 16.5. The Bertz CT molecular complexity index is 526. The van der Waals surface area contributed by atoms with E-state index in [-0.39, 0.29) is 17.8 Å². The molecule has 0 aliphatic carbocycles. The summed E-state index contributed by atoms with van der Waals surface area (Å²) in [4.78, 5) is 13.0. The highest BCUT2D eigenvalue weighted by molar-refractivity contribution is 5.89. The van der Waals surface area contributed by atoms with Gasteiger partial charge >= 0.3 is 5.97 Å². The van der Waals surface area contributed by atoms with Crippen molar-refractivity contribution in [1.29, 1.82) is 5.26 Å². The Morgan fingerprint density at radius 2 is 2.05 bits per heavy atom. The van der Waals surface area contributed by atoms with Crippen molar-refractivity contribution in [2.24, 2.45) is 0 Å². The van der Waals surface area contributed by atoms with Crippen LogP contribution in [-0.2, 0) is 4.74 Å². The number of nitriles is 1. The van der Waals surface area contributed by atoms with Gasteiger partial charge in [-0.1, -0.05) is 0 Å². The molecular formula is C14H16N2O3. The van der Waals surface area contributed by atoms with Gasteiger partial charge in [0.05, 0.1) is 29.0 Å². The lowest BCUT2D eigenvalue weighted by molar-refractivity contribution is -0.00523. The molecule has 5 nitrogen and oxygen atoms in total. The SMILES string of the molecule is CC1CN(c2ccc(C(=O)O)cc2C#N)CC(C)O1. The fourth-order valence-electron chi connectivity index (χ4n) is 2.41. The maximum atomic E-state index is 10.9. The van der Waals surface area contributed by atoms with Gasteiger partial charge < -0.3 is 14.7 Å². The zero-order valence-electron chi connectivity index (χ0n) is 11.0. The Morgan fingerprint density at radius 1 is 1.42 bits per heavy atom. The smallest absolute Gasteiger partial charge is 0.335 e. The molecule has 2 rings (SSSR count). The maximum Gasteiger partial charge on any atom is 0.335 e. The van der Waals surface area contributed by atoms with Gasteiger partial charge in [-0.25, -0.2) is 4.79 Å². The number of carboxylic acids is 1. The van der Waals surface area contributed by atoms with Crippen LogP contribution >= 0.6 is 0 Å². The summed E-state index contributed by atoms with van der Waals surface area (Å²) in [7, 11) is 0. The monoisotopic (exact) mass is 260 g/mol. The molecule has 1 fully saturated rings. The Balaban J connectivity index is 2.34. The van der Waals surface area contributed by atoms with Gasteiger partial charge in [0.1, 0.15) is 6.07 Å². The van der Waals surface area contributed by atoms with Crippen LogP contribution in [0.25, 0.3) is 0 Å². The summed E-state index contributed by atoms with van der Waals surface area (Å²) in [6.07, 6.45) is 0.184. The molecule has 1 N–H and O–H groups in total. The summed E-state index contributed by atoms with van der Waals surface area (Å²) in [5, 5.41) is 18.1. The van der Waals surface area contributed by atoms with E-state index >= 15 is 0 Å². The molecule has 1 saturated heterocycles. The van der Waals surface area contributed by atoms with Crippen molar-refractivity contribution in [3.8, 4) is 6.07 Å². The minimum absolute atomic E-state index is 0.0921. The second kappa shape index (κ2) is 5.29. The summed E-state index contributed by atoms with van der Waals surface area (Å²) in [5.41, 5.74) is 1.30. The normalized spacial score (nSPS) is 22.9. The Kier molecular flexibility index (Phi) is 3.72. The summed E-state index contributed by atoms with van der Waals surface area (Å²) in [6, 6.07) is 6.72. The van der Waals surface area contributed by atoms with Gasteiger partial charge in [0.25, 0.3) is 0 Å². The highest BCUT2D eigenvalue weighted by Crippen LogP contribution is 2.25. The second-order valence-electron chi connectivity index (χ2n) is 4.81. The first-order valence-corrected chi connectivity index (χ1v) is 6.19. The summed E-state index contributed by atoms with van der Waals surface area (Å²) < 4.78 is 5.65. The lowest BCUT2D eigenvalue weighted by Crippen LogP contribution is -2.45. The van der Waals surface area contributed by atoms with Crippen molar-refractivity contribution in [1.82, 2.24) is 0 Å². The van der Waals surface area contributed by atoms with E-state index in [1.54, 1.807) is 6.07 Å². The van der Waals surface area contributed by atoms with E-state index in [0.717, 1.165) is 5.69 Å². The van der Waals surface area contributed by atoms with Crippen molar-refractivity contribution in [2.75, 3.05) is 18.0 Å². The lowest BCUT2D eigenvalue weighted by atomic mass is 10.1. The van der Waals surface area contributed by atoms with Crippen molar-refractivity contribution < 1.29 is 14.6 Å². The first kappa shape index (κ1) is 13.4. The molecule has 1 aliphatic rings. The minimum atomic E-state index is -1.02. The predicted octanol–water partition coefficient (Wildman–Crippen LogP) is 1.87. The lowest BCUT2D eigenvalue weighted by Gasteiger charge is -2.37. The molecule has 1 heterocycles. The Morgan fingerprint density at radius 3 is 2.58 bits per heavy atom. The number of carboxylic acid groups (broad SMARTS) is 1. The molecule has 1 aliphatic heterocycles. The maximum absolute atomic E-state index is 10.9. The van der Waals surface area contributed by atoms with Crippen molar-refractivity contribution in [3.05, 3.63) is 29.3 Å². The third kappa shape index (κ3) is 2.85. The number of hydrogen-bond donors (Lipinski definition) is 1. The third-order valence-electron chi connectivity index (χ3n) is 3.12. The average molecular weight is 260 g/mol. The fraction of sp³-hybridized carbons (Fsp3) is 0.429. The first-order chi connectivity index (χ1) is 9.01. The van der Waals surface area contributed by atoms with Crippen LogP contribution in [0.4, 0.5) is 5.69 Å². The number of anilines is 1. The van der Waals surface area contributed by atoms with Crippen molar-refractivity contribution in [2.45, 2.75) is 26.1 Å². The molecule has 0 aromatic heterocycles. The van der Waals surface area contributed by atoms with Gasteiger partial charge in [-0.05, 0) is 32.0 Å². The van der Waals surface area contributed by atoms with Crippen LogP contribution in [0.15, 0.2) is 18.2 Å². The number of aromatic carboxylic acids is 1. The van der Waals surface area contributed by atoms with E-state index in [0.29, 0.717) is 18.7 Å². The summed E-state index contributed by atoms with van der Waals surface area (Å²) in [5.74, 6) is -1.02. The Hall–Kier alpha value is -2.06. The highest BCUT2D eigenvalue weighted by Gasteiger charge is 2.24. The van der Waals surface area contributed by atoms with Gasteiger partial charge in [0, 0.05) is 13.1 Å². The van der Waals surface area contributed by atoms with E-state index in [9.17, 15) is 10.1 Å². The number of ether oxygens (including phenoxy) is 1. The summed E-state index contributed by atoms with van der Waals surface area (Å²) in [6.45, 7) is 5.37. The molecule has 0 saturated carbocycles. The van der Waals surface area contributed by atoms with Crippen LogP contribution in [0.5, 0.6) is 0 Å². The van der Waals surface area contributed by atoms with Gasteiger partial charge in [0.2, 0.25) is 0 Å². The fourth-order valence-corrected chi connectivity index (χ4v) is 2.41. The van der Waals surface area contributed by atoms with Gasteiger partial charge in [-0.2, -0.15) is 5.26 Å². The zero-order valence-corrected chi connectivity index (χ0v) is 11.0. The van der Waals surface area contributed by atoms with Gasteiger partial charge in [0.15, 0.2) is 0 Å². The number of benzene rings is 1. The van der Waals surface area contributed by atoms with Crippen LogP contribution in [-0.4, -0.2) is 36.4 Å². The van der Waals surface area contributed by atoms with Crippen LogP contribution in [0.3, 0.4) is 0 Å². The van der Waals surface area contributed by atoms with Crippen LogP contribution in [0.2, 0.25) is 0 Å². The molecule has 1 aromatic carbocycles. The zero-order chi connectivity index (χ0) is 14.0. The molecule has 100 valence electrons. The predicted molar refractivity (Wildman–Crippen MR) is 70.3 cm³/mol. The van der Waals surface area contributed by atoms with E-state index in [1.165, 1.54) is 12.1 Å². The number of rotatable bonds is 2. The van der Waals surface area contributed by atoms with E-state index in [1.807, 2.05) is 13.8 Å². The number of nitrogens with zero attached hydrogens (tertiary/aromatic N) is 2. The summed E-state index contributed by atoms with van der Waals surface area (Å²) >= 11 is 0. The first-order valence-electron chi connectivity index (χ1n) is 6.19. The van der Waals surface area contributed by atoms with Gasteiger partial charge in [-0.3, -0.25) is 0 Å². The molecule has 0 amide bonds. The Labute approximate surface area is 112 Å². The van der Waals surface area contributed by atoms with E-state index in [4.69, 9.17) is 9.84 Å². The number of hydrogen-bond acceptors (Lipinski definition) is 4. The van der Waals surface area contributed by atoms with Gasteiger partial charge in [-0.15, -0.1) is 0 Å². The topological polar surface area (TPSA) is 73.6 Å². The number of carbonyl (C=O) groups is 1. The molecule has 0 spiro atoms. The number of morpholine rings is 1. The van der Waals surface area contributed by atoms with Crippen molar-refractivity contribution in [3.63, 3.8) is 0 Å². The molecule has 2 atom stereocenters. The third-order valence-corrected chi connectivity index (χ3v) is 3.12. The molecule has 0 bridgehead atoms. The van der Waals surface area contributed by atoms with E-state index in [2.05, 4.69) is 11.0 Å². The van der Waals surface area contributed by atoms with Crippen LogP contribution in [0.1, 0.15) is 29.8 Å². The van der Waals surface area contributed by atoms with E-state index < -0.39 is 5.97 Å². The quantitative estimate of drug-likeness (QED) is 0.878. The molecule has 2 unspecified atom stereocenters. The molecule has 19 heavy (non-hydrogen) atoms. The van der Waals surface area contributed by atoms with Crippen molar-refractivity contribution >= 4 is 11.7 Å². The standard InChI is InChI=1S/C14H16N2O3/c1-9-7-16(8-10(2)19-9)13-4-3-11(14(17)18)5-12(13)6-15/h3-5,9-10H,7-8H2,1-2H3,(H,17,18). The molecular weight excluding hydrogens is 244 g/mol. The van der Waals surface area contributed by atoms with Crippen LogP contribution < -0.4 is 4.90 Å². The molecule has 5 heteroatoms. The molecule has 0 radical (unpaired) electrons. The molecule has 1 aromatic rings. The average Bonchev–Trinajstić information content (AvgIpc) is 2.36. The largest absolute Gasteiger partial charge is 0.478 e. The minimum Gasteiger partial charge on any atom is -0.478 e. The second-order valence-corrected chi connectivity index (χ2v) is 4.81.